The normalized spacial score (nSPS) is 14.4. The van der Waals surface area contributed by atoms with E-state index in [-0.39, 0.29) is 41.6 Å². The highest BCUT2D eigenvalue weighted by Crippen LogP contribution is 2.38. The van der Waals surface area contributed by atoms with Gasteiger partial charge in [-0.25, -0.2) is 4.39 Å². The minimum absolute atomic E-state index is 0.0813. The molecule has 1 aliphatic heterocycles. The number of aliphatic hydroxyl groups is 1. The summed E-state index contributed by atoms with van der Waals surface area (Å²) in [5.41, 5.74) is -1.58. The Bertz CT molecular complexity index is 1380. The fraction of sp³-hybridized carbons (Fsp3) is 0.385. The third kappa shape index (κ3) is 6.05. The van der Waals surface area contributed by atoms with Crippen molar-refractivity contribution >= 4 is 29.0 Å². The first-order valence-electron chi connectivity index (χ1n) is 11.8. The van der Waals surface area contributed by atoms with Gasteiger partial charge in [-0.05, 0) is 46.1 Å². The van der Waals surface area contributed by atoms with E-state index < -0.39 is 40.1 Å². The summed E-state index contributed by atoms with van der Waals surface area (Å²) in [5.74, 6) is -2.80. The number of aliphatic hydroxyl groups excluding tert-OH is 1. The Morgan fingerprint density at radius 1 is 1.30 bits per heavy atom. The van der Waals surface area contributed by atoms with Crippen LogP contribution in [0.4, 0.5) is 4.39 Å². The lowest BCUT2D eigenvalue weighted by molar-refractivity contribution is -0.120. The van der Waals surface area contributed by atoms with E-state index in [0.717, 1.165) is 10.8 Å². The van der Waals surface area contributed by atoms with Crippen molar-refractivity contribution in [3.05, 3.63) is 57.5 Å². The number of allylic oxidation sites excluding steroid dienone is 4. The van der Waals surface area contributed by atoms with Crippen LogP contribution in [0.1, 0.15) is 50.5 Å². The molecule has 4 N–H and O–H groups in total. The highest BCUT2D eigenvalue weighted by molar-refractivity contribution is 6.04. The van der Waals surface area contributed by atoms with Crippen LogP contribution in [0.15, 0.2) is 40.8 Å². The number of ether oxygens (including phenoxy) is 1. The Kier molecular flexibility index (Phi) is 8.17. The van der Waals surface area contributed by atoms with Crippen molar-refractivity contribution in [1.82, 2.24) is 20.2 Å². The zero-order valence-electron chi connectivity index (χ0n) is 21.4. The van der Waals surface area contributed by atoms with Gasteiger partial charge in [-0.15, -0.1) is 0 Å². The van der Waals surface area contributed by atoms with Crippen LogP contribution in [0.25, 0.3) is 17.2 Å². The van der Waals surface area contributed by atoms with Crippen molar-refractivity contribution in [3.63, 3.8) is 0 Å². The number of aromatic nitrogens is 2. The molecule has 0 spiro atoms. The predicted molar refractivity (Wildman–Crippen MR) is 137 cm³/mol. The number of carbonyl (C=O) groups is 2. The van der Waals surface area contributed by atoms with Crippen LogP contribution in [0.5, 0.6) is 11.5 Å². The molecule has 11 heteroatoms. The summed E-state index contributed by atoms with van der Waals surface area (Å²) < 4.78 is 20.6. The third-order valence-corrected chi connectivity index (χ3v) is 5.41. The Morgan fingerprint density at radius 3 is 2.62 bits per heavy atom. The SMILES string of the molecule is C/C=C(F)\C=C/C(C)Cc1cnc2c(O)c(C(=O)NCCO)c(=O)n3c2c1OC(C(=O)NC(C)(C)C)=C3. The first kappa shape index (κ1) is 27.6. The minimum Gasteiger partial charge on any atom is -0.505 e. The van der Waals surface area contributed by atoms with Crippen LogP contribution in [-0.2, 0) is 11.2 Å². The fourth-order valence-corrected chi connectivity index (χ4v) is 3.73. The maximum absolute atomic E-state index is 13.6. The number of halogens is 1. The second-order valence-electron chi connectivity index (χ2n) is 9.70. The molecule has 0 aliphatic carbocycles. The summed E-state index contributed by atoms with van der Waals surface area (Å²) in [4.78, 5) is 43.3. The highest BCUT2D eigenvalue weighted by Gasteiger charge is 2.31. The van der Waals surface area contributed by atoms with Gasteiger partial charge >= 0.3 is 0 Å². The third-order valence-electron chi connectivity index (χ3n) is 5.41. The standard InChI is InChI=1S/C26H31FN4O6/c1-6-16(27)8-7-14(2)11-15-12-29-19-20-22(15)37-17(23(34)30-26(3,4)5)13-31(20)25(36)18(21(19)33)24(35)28-9-10-32/h6-8,12-14,32-33H,9-11H2,1-5H3,(H,28,35)(H,30,34)/b8-7-,16-6+. The van der Waals surface area contributed by atoms with Gasteiger partial charge in [-0.1, -0.05) is 19.1 Å². The molecule has 0 saturated heterocycles. The van der Waals surface area contributed by atoms with Gasteiger partial charge in [-0.3, -0.25) is 23.9 Å². The van der Waals surface area contributed by atoms with Gasteiger partial charge in [0.2, 0.25) is 5.76 Å². The second-order valence-corrected chi connectivity index (χ2v) is 9.70. The number of hydrogen-bond donors (Lipinski definition) is 4. The molecular weight excluding hydrogens is 483 g/mol. The molecule has 0 saturated carbocycles. The first-order valence-corrected chi connectivity index (χ1v) is 11.8. The van der Waals surface area contributed by atoms with E-state index in [1.807, 2.05) is 6.92 Å². The lowest BCUT2D eigenvalue weighted by Gasteiger charge is -2.26. The number of pyridine rings is 2. The maximum atomic E-state index is 13.6. The average molecular weight is 515 g/mol. The molecule has 37 heavy (non-hydrogen) atoms. The number of amides is 2. The number of rotatable bonds is 8. The lowest BCUT2D eigenvalue weighted by Crippen LogP contribution is -2.43. The van der Waals surface area contributed by atoms with Crippen LogP contribution < -0.4 is 20.9 Å². The Balaban J connectivity index is 2.22. The predicted octanol–water partition coefficient (Wildman–Crippen LogP) is 2.54. The summed E-state index contributed by atoms with van der Waals surface area (Å²) in [5, 5.41) is 25.0. The van der Waals surface area contributed by atoms with E-state index in [4.69, 9.17) is 9.84 Å². The van der Waals surface area contributed by atoms with Crippen LogP contribution in [0.2, 0.25) is 0 Å². The van der Waals surface area contributed by atoms with Crippen molar-refractivity contribution in [2.75, 3.05) is 13.2 Å². The molecule has 1 aliphatic rings. The van der Waals surface area contributed by atoms with E-state index in [1.165, 1.54) is 18.3 Å². The van der Waals surface area contributed by atoms with E-state index >= 15 is 0 Å². The smallest absolute Gasteiger partial charge is 0.288 e. The number of hydrogen-bond acceptors (Lipinski definition) is 7. The van der Waals surface area contributed by atoms with E-state index in [9.17, 15) is 23.9 Å². The van der Waals surface area contributed by atoms with Crippen molar-refractivity contribution < 1.29 is 28.9 Å². The second kappa shape index (κ2) is 11.0. The van der Waals surface area contributed by atoms with Gasteiger partial charge in [-0.2, -0.15) is 0 Å². The molecule has 3 heterocycles. The Hall–Kier alpha value is -3.99. The van der Waals surface area contributed by atoms with E-state index in [1.54, 1.807) is 33.8 Å². The molecule has 1 atom stereocenters. The van der Waals surface area contributed by atoms with E-state index in [2.05, 4.69) is 15.6 Å². The number of nitrogens with zero attached hydrogens (tertiary/aromatic N) is 2. The largest absolute Gasteiger partial charge is 0.505 e. The highest BCUT2D eigenvalue weighted by atomic mass is 19.1. The molecule has 2 aromatic heterocycles. The van der Waals surface area contributed by atoms with Gasteiger partial charge in [0.05, 0.1) is 12.8 Å². The Morgan fingerprint density at radius 2 is 2.00 bits per heavy atom. The van der Waals surface area contributed by atoms with E-state index in [0.29, 0.717) is 12.0 Å². The summed E-state index contributed by atoms with van der Waals surface area (Å²) in [6, 6.07) is 0. The molecule has 2 amide bonds. The number of aromatic hydroxyl groups is 1. The van der Waals surface area contributed by atoms with Crippen molar-refractivity contribution in [2.24, 2.45) is 5.92 Å². The molecule has 1 unspecified atom stereocenters. The van der Waals surface area contributed by atoms with Gasteiger partial charge in [0.25, 0.3) is 17.4 Å². The van der Waals surface area contributed by atoms with Gasteiger partial charge in [0, 0.05) is 23.8 Å². The average Bonchev–Trinajstić information content (AvgIpc) is 2.83. The minimum atomic E-state index is -0.903. The zero-order chi connectivity index (χ0) is 27.5. The van der Waals surface area contributed by atoms with Crippen molar-refractivity contribution in [2.45, 2.75) is 46.6 Å². The molecule has 0 aromatic carbocycles. The lowest BCUT2D eigenvalue weighted by atomic mass is 9.99. The summed E-state index contributed by atoms with van der Waals surface area (Å²) >= 11 is 0. The van der Waals surface area contributed by atoms with Crippen LogP contribution in [0, 0.1) is 5.92 Å². The van der Waals surface area contributed by atoms with Gasteiger partial charge in [0.1, 0.15) is 22.4 Å². The molecule has 3 rings (SSSR count). The van der Waals surface area contributed by atoms with Crippen LogP contribution >= 0.6 is 0 Å². The van der Waals surface area contributed by atoms with Crippen molar-refractivity contribution in [3.8, 4) is 11.5 Å². The van der Waals surface area contributed by atoms with Crippen molar-refractivity contribution in [1.29, 1.82) is 0 Å². The van der Waals surface area contributed by atoms with Crippen LogP contribution in [0.3, 0.4) is 0 Å². The van der Waals surface area contributed by atoms with Gasteiger partial charge < -0.3 is 25.6 Å². The molecule has 198 valence electrons. The summed E-state index contributed by atoms with van der Waals surface area (Å²) in [7, 11) is 0. The molecular formula is C26H31FN4O6. The summed E-state index contributed by atoms with van der Waals surface area (Å²) in [6.07, 6.45) is 7.21. The number of nitrogens with one attached hydrogen (secondary N) is 2. The summed E-state index contributed by atoms with van der Waals surface area (Å²) in [6.45, 7) is 8.27. The maximum Gasteiger partial charge on any atom is 0.288 e. The quantitative estimate of drug-likeness (QED) is 0.397. The molecule has 0 bridgehead atoms. The Labute approximate surface area is 213 Å². The molecule has 10 nitrogen and oxygen atoms in total. The topological polar surface area (TPSA) is 143 Å². The molecule has 2 aromatic rings. The number of carbonyl (C=O) groups excluding carboxylic acids is 2. The van der Waals surface area contributed by atoms with Gasteiger partial charge in [0.15, 0.2) is 11.5 Å². The fourth-order valence-electron chi connectivity index (χ4n) is 3.73. The van der Waals surface area contributed by atoms with Crippen LogP contribution in [-0.4, -0.2) is 50.3 Å². The molecule has 0 fully saturated rings. The monoisotopic (exact) mass is 514 g/mol. The zero-order valence-corrected chi connectivity index (χ0v) is 21.4. The first-order chi connectivity index (χ1) is 17.4. The molecule has 0 radical (unpaired) electrons.